The molecule has 0 aliphatic carbocycles. The van der Waals surface area contributed by atoms with E-state index in [0.29, 0.717) is 5.56 Å². The summed E-state index contributed by atoms with van der Waals surface area (Å²) in [4.78, 5) is 12.9. The van der Waals surface area contributed by atoms with Crippen LogP contribution < -0.4 is 9.47 Å². The molecule has 232 valence electrons. The number of aromatic hydroxyl groups is 2. The van der Waals surface area contributed by atoms with Crippen molar-refractivity contribution in [3.63, 3.8) is 0 Å². The van der Waals surface area contributed by atoms with Crippen molar-refractivity contribution < 1.29 is 74.8 Å². The summed E-state index contributed by atoms with van der Waals surface area (Å²) in [6, 6.07) is 8.50. The van der Waals surface area contributed by atoms with Crippen molar-refractivity contribution in [2.24, 2.45) is 0 Å². The average molecular weight is 599 g/mol. The Labute approximate surface area is 239 Å². The van der Waals surface area contributed by atoms with Gasteiger partial charge < -0.3 is 70.0 Å². The van der Waals surface area contributed by atoms with Crippen LogP contribution in [-0.2, 0) is 14.2 Å². The molecule has 0 aromatic heterocycles. The normalized spacial score (nSPS) is 36.4. The van der Waals surface area contributed by atoms with Crippen LogP contribution in [0.25, 0.3) is 0 Å². The summed E-state index contributed by atoms with van der Waals surface area (Å²) in [6.07, 6.45) is -16.0. The number of hydrogen-bond acceptors (Lipinski definition) is 14. The van der Waals surface area contributed by atoms with Gasteiger partial charge in [-0.3, -0.25) is 4.79 Å². The molecule has 15 heteroatoms. The average Bonchev–Trinajstić information content (AvgIpc) is 2.94. The van der Waals surface area contributed by atoms with Crippen LogP contribution in [0.2, 0.25) is 0 Å². The molecule has 2 aromatic carbocycles. The van der Waals surface area contributed by atoms with Crippen molar-refractivity contribution in [1.82, 2.24) is 0 Å². The summed E-state index contributed by atoms with van der Waals surface area (Å²) in [5.74, 6) is -0.947. The third kappa shape index (κ3) is 6.02. The fraction of sp³-hybridized carbons (Fsp3) is 0.519. The summed E-state index contributed by atoms with van der Waals surface area (Å²) in [7, 11) is 0. The molecule has 0 spiro atoms. The highest BCUT2D eigenvalue weighted by atomic mass is 16.8. The van der Waals surface area contributed by atoms with E-state index in [1.807, 2.05) is 0 Å². The Bertz CT molecular complexity index is 1240. The molecule has 3 heterocycles. The van der Waals surface area contributed by atoms with Crippen LogP contribution in [0.3, 0.4) is 0 Å². The Kier molecular flexibility index (Phi) is 9.58. The molecule has 11 unspecified atom stereocenters. The van der Waals surface area contributed by atoms with Gasteiger partial charge in [-0.05, 0) is 24.6 Å². The molecular weight excluding hydrogens is 564 g/mol. The highest BCUT2D eigenvalue weighted by molar-refractivity contribution is 6.02. The van der Waals surface area contributed by atoms with E-state index in [1.54, 1.807) is 12.1 Å². The van der Waals surface area contributed by atoms with Gasteiger partial charge in [0, 0.05) is 12.1 Å². The largest absolute Gasteiger partial charge is 0.508 e. The third-order valence-corrected chi connectivity index (χ3v) is 7.42. The van der Waals surface area contributed by atoms with Crippen LogP contribution in [-0.4, -0.2) is 120 Å². The van der Waals surface area contributed by atoms with Crippen LogP contribution in [0.1, 0.15) is 35.4 Å². The molecule has 11 atom stereocenters. The first-order chi connectivity index (χ1) is 19.5. The topological polar surface area (TPSA) is 257 Å². The van der Waals surface area contributed by atoms with Gasteiger partial charge in [0.1, 0.15) is 71.3 Å². The van der Waals surface area contributed by atoms with Crippen molar-refractivity contribution in [3.8, 4) is 23.0 Å². The molecular formula is C27H34O15. The number of aliphatic hydroxyl groups is 6. The zero-order chi connectivity index (χ0) is 29.6. The number of ether oxygens (including phenoxy) is 5. The van der Waals surface area contributed by atoms with E-state index < -0.39 is 85.7 Å². The van der Waals surface area contributed by atoms with Gasteiger partial charge in [0.2, 0.25) is 6.29 Å². The molecule has 10 N–H and O–H groups in total. The van der Waals surface area contributed by atoms with Gasteiger partial charge >= 0.3 is 0 Å². The standard InChI is InChI=1S/C27H32O14.H2O/c1-10-20(32)22(34)24(36)26(37-10)41-25-23(35)21(33)18(9-28)40-27(25)38-13-6-14(30)19-15(31)8-16(39-17(19)7-13)11-2-4-12(29)5-3-11;/h2-7,10,16,18,20-30,32-36H,8-9H2,1H3;1H2. The maximum atomic E-state index is 12.9. The Morgan fingerprint density at radius 3 is 2.24 bits per heavy atom. The Morgan fingerprint density at radius 1 is 0.881 bits per heavy atom. The van der Waals surface area contributed by atoms with Crippen molar-refractivity contribution in [1.29, 1.82) is 0 Å². The molecule has 3 aliphatic heterocycles. The maximum absolute atomic E-state index is 12.9. The van der Waals surface area contributed by atoms with E-state index in [9.17, 15) is 45.6 Å². The number of benzene rings is 2. The number of Topliss-reactive ketones (excluding diaryl/α,β-unsaturated/α-hetero) is 1. The summed E-state index contributed by atoms with van der Waals surface area (Å²) in [5, 5.41) is 81.6. The minimum Gasteiger partial charge on any atom is -0.508 e. The second-order valence-corrected chi connectivity index (χ2v) is 10.2. The molecule has 2 aromatic rings. The Balaban J connectivity index is 0.00000405. The quantitative estimate of drug-likeness (QED) is 0.179. The van der Waals surface area contributed by atoms with Crippen LogP contribution in [0, 0.1) is 0 Å². The van der Waals surface area contributed by atoms with Gasteiger partial charge in [-0.2, -0.15) is 0 Å². The van der Waals surface area contributed by atoms with Gasteiger partial charge in [0.15, 0.2) is 18.2 Å². The van der Waals surface area contributed by atoms with Crippen LogP contribution in [0.4, 0.5) is 0 Å². The van der Waals surface area contributed by atoms with Gasteiger partial charge in [0.05, 0.1) is 19.1 Å². The summed E-state index contributed by atoms with van der Waals surface area (Å²) in [5.41, 5.74) is 0.529. The van der Waals surface area contributed by atoms with E-state index in [0.717, 1.165) is 6.07 Å². The van der Waals surface area contributed by atoms with Crippen molar-refractivity contribution in [2.75, 3.05) is 6.61 Å². The smallest absolute Gasteiger partial charge is 0.229 e. The predicted molar refractivity (Wildman–Crippen MR) is 138 cm³/mol. The Hall–Kier alpha value is -3.09. The number of phenols is 2. The number of ketones is 1. The first-order valence-corrected chi connectivity index (χ1v) is 13.0. The summed E-state index contributed by atoms with van der Waals surface area (Å²) >= 11 is 0. The number of rotatable bonds is 6. The Morgan fingerprint density at radius 2 is 1.57 bits per heavy atom. The van der Waals surface area contributed by atoms with E-state index in [4.69, 9.17) is 23.7 Å². The van der Waals surface area contributed by atoms with Crippen molar-refractivity contribution in [3.05, 3.63) is 47.5 Å². The fourth-order valence-corrected chi connectivity index (χ4v) is 5.07. The predicted octanol–water partition coefficient (Wildman–Crippen LogP) is -1.99. The van der Waals surface area contributed by atoms with E-state index in [2.05, 4.69) is 0 Å². The molecule has 3 aliphatic rings. The van der Waals surface area contributed by atoms with Crippen molar-refractivity contribution >= 4 is 5.78 Å². The number of aliphatic hydroxyl groups excluding tert-OH is 6. The van der Waals surface area contributed by atoms with Crippen molar-refractivity contribution in [2.45, 2.75) is 80.9 Å². The van der Waals surface area contributed by atoms with Crippen LogP contribution in [0.5, 0.6) is 23.0 Å². The minimum atomic E-state index is -1.75. The molecule has 2 fully saturated rings. The van der Waals surface area contributed by atoms with Gasteiger partial charge in [-0.25, -0.2) is 0 Å². The minimum absolute atomic E-state index is 0. The van der Waals surface area contributed by atoms with Crippen LogP contribution in [0.15, 0.2) is 36.4 Å². The lowest BCUT2D eigenvalue weighted by Gasteiger charge is -2.45. The molecule has 5 rings (SSSR count). The number of phenolic OH excluding ortho intramolecular Hbond substituents is 2. The van der Waals surface area contributed by atoms with E-state index in [-0.39, 0.29) is 34.7 Å². The molecule has 0 amide bonds. The van der Waals surface area contributed by atoms with E-state index in [1.165, 1.54) is 25.1 Å². The molecule has 0 bridgehead atoms. The fourth-order valence-electron chi connectivity index (χ4n) is 5.07. The van der Waals surface area contributed by atoms with E-state index >= 15 is 0 Å². The third-order valence-electron chi connectivity index (χ3n) is 7.42. The van der Waals surface area contributed by atoms with Crippen LogP contribution >= 0.6 is 0 Å². The zero-order valence-corrected chi connectivity index (χ0v) is 22.3. The number of carbonyl (C=O) groups is 1. The highest BCUT2D eigenvalue weighted by Crippen LogP contribution is 2.43. The SMILES string of the molecule is CC1OC(OC2C(Oc3cc(O)c4c(c3)OC(c3ccc(O)cc3)CC4=O)OC(CO)C(O)C2O)C(O)C(O)C1O.O. The monoisotopic (exact) mass is 598 g/mol. The van der Waals surface area contributed by atoms with Gasteiger partial charge in [0.25, 0.3) is 0 Å². The molecule has 0 radical (unpaired) electrons. The second kappa shape index (κ2) is 12.6. The lowest BCUT2D eigenvalue weighted by Crippen LogP contribution is -2.64. The second-order valence-electron chi connectivity index (χ2n) is 10.2. The highest BCUT2D eigenvalue weighted by Gasteiger charge is 2.51. The number of fused-ring (bicyclic) bond motifs is 1. The molecule has 0 saturated carbocycles. The summed E-state index contributed by atoms with van der Waals surface area (Å²) in [6.45, 7) is 0.716. The summed E-state index contributed by atoms with van der Waals surface area (Å²) < 4.78 is 28.6. The first kappa shape index (κ1) is 31.8. The van der Waals surface area contributed by atoms with Gasteiger partial charge in [-0.1, -0.05) is 12.1 Å². The molecule has 42 heavy (non-hydrogen) atoms. The lowest BCUT2D eigenvalue weighted by atomic mass is 9.95. The zero-order valence-electron chi connectivity index (χ0n) is 22.3. The number of carbonyl (C=O) groups excluding carboxylic acids is 1. The number of hydrogen-bond donors (Lipinski definition) is 8. The lowest BCUT2D eigenvalue weighted by molar-refractivity contribution is -0.354. The first-order valence-electron chi connectivity index (χ1n) is 13.0. The maximum Gasteiger partial charge on any atom is 0.229 e. The molecule has 2 saturated heterocycles. The van der Waals surface area contributed by atoms with Gasteiger partial charge in [-0.15, -0.1) is 0 Å². The molecule has 15 nitrogen and oxygen atoms in total.